The Labute approximate surface area is 89.8 Å². The number of hydrogen-bond donors (Lipinski definition) is 0. The van der Waals surface area contributed by atoms with Crippen molar-refractivity contribution in [1.29, 1.82) is 0 Å². The molecule has 1 rings (SSSR count). The number of rotatable bonds is 8. The van der Waals surface area contributed by atoms with Gasteiger partial charge in [-0.1, -0.05) is 0 Å². The maximum Gasteiger partial charge on any atom is 0.166 e. The highest BCUT2D eigenvalue weighted by atomic mass is 16.5. The lowest BCUT2D eigenvalue weighted by molar-refractivity contribution is 0.0495. The van der Waals surface area contributed by atoms with Crippen molar-refractivity contribution < 1.29 is 14.3 Å². The van der Waals surface area contributed by atoms with Gasteiger partial charge >= 0.3 is 0 Å². The monoisotopic (exact) mass is 211 g/mol. The molecule has 0 amide bonds. The summed E-state index contributed by atoms with van der Waals surface area (Å²) in [4.78, 5) is 10.6. The molecule has 0 spiro atoms. The first kappa shape index (κ1) is 11.9. The normalized spacial score (nSPS) is 10.5. The molecule has 84 valence electrons. The third-order valence-corrected chi connectivity index (χ3v) is 2.04. The Morgan fingerprint density at radius 1 is 1.33 bits per heavy atom. The van der Waals surface area contributed by atoms with Crippen molar-refractivity contribution in [2.45, 2.75) is 13.5 Å². The average Bonchev–Trinajstić information content (AvgIpc) is 2.70. The van der Waals surface area contributed by atoms with Gasteiger partial charge in [0.2, 0.25) is 0 Å². The summed E-state index contributed by atoms with van der Waals surface area (Å²) in [5, 5.41) is 0. The van der Waals surface area contributed by atoms with E-state index in [2.05, 4.69) is 0 Å². The molecule has 0 radical (unpaired) electrons. The molecule has 15 heavy (non-hydrogen) atoms. The Morgan fingerprint density at radius 3 is 2.87 bits per heavy atom. The van der Waals surface area contributed by atoms with Crippen molar-refractivity contribution in [1.82, 2.24) is 4.57 Å². The second kappa shape index (κ2) is 7.20. The van der Waals surface area contributed by atoms with Crippen LogP contribution in [0.5, 0.6) is 0 Å². The Balaban J connectivity index is 2.12. The number of hydrogen-bond acceptors (Lipinski definition) is 3. The summed E-state index contributed by atoms with van der Waals surface area (Å²) in [6.45, 7) is 5.20. The van der Waals surface area contributed by atoms with Gasteiger partial charge in [-0.05, 0) is 19.1 Å². The lowest BCUT2D eigenvalue weighted by atomic mass is 10.5. The van der Waals surface area contributed by atoms with E-state index in [1.54, 1.807) is 6.07 Å². The van der Waals surface area contributed by atoms with E-state index in [1.807, 2.05) is 23.8 Å². The summed E-state index contributed by atoms with van der Waals surface area (Å²) >= 11 is 0. The molecule has 0 aliphatic rings. The zero-order valence-corrected chi connectivity index (χ0v) is 9.02. The van der Waals surface area contributed by atoms with Crippen LogP contribution < -0.4 is 0 Å². The molecule has 0 aromatic carbocycles. The van der Waals surface area contributed by atoms with Crippen LogP contribution >= 0.6 is 0 Å². The van der Waals surface area contributed by atoms with Gasteiger partial charge in [0, 0.05) is 19.3 Å². The molecule has 0 aliphatic heterocycles. The van der Waals surface area contributed by atoms with E-state index in [1.165, 1.54) is 0 Å². The summed E-state index contributed by atoms with van der Waals surface area (Å²) in [5.74, 6) is 0. The van der Waals surface area contributed by atoms with E-state index in [-0.39, 0.29) is 0 Å². The van der Waals surface area contributed by atoms with Gasteiger partial charge in [-0.15, -0.1) is 0 Å². The minimum atomic E-state index is 0.600. The van der Waals surface area contributed by atoms with Gasteiger partial charge in [-0.2, -0.15) is 0 Å². The van der Waals surface area contributed by atoms with Crippen molar-refractivity contribution in [3.63, 3.8) is 0 Å². The van der Waals surface area contributed by atoms with E-state index < -0.39 is 0 Å². The minimum Gasteiger partial charge on any atom is -0.379 e. The van der Waals surface area contributed by atoms with Crippen molar-refractivity contribution in [3.8, 4) is 0 Å². The molecule has 4 nitrogen and oxygen atoms in total. The van der Waals surface area contributed by atoms with Gasteiger partial charge in [-0.3, -0.25) is 4.79 Å². The largest absolute Gasteiger partial charge is 0.379 e. The maximum atomic E-state index is 10.6. The molecule has 0 bridgehead atoms. The fourth-order valence-corrected chi connectivity index (χ4v) is 1.27. The Kier molecular flexibility index (Phi) is 5.73. The first-order chi connectivity index (χ1) is 7.38. The summed E-state index contributed by atoms with van der Waals surface area (Å²) < 4.78 is 12.3. The first-order valence-electron chi connectivity index (χ1n) is 5.14. The van der Waals surface area contributed by atoms with Gasteiger partial charge in [0.25, 0.3) is 0 Å². The average molecular weight is 211 g/mol. The van der Waals surface area contributed by atoms with Crippen molar-refractivity contribution >= 4 is 6.29 Å². The van der Waals surface area contributed by atoms with Crippen molar-refractivity contribution in [2.24, 2.45) is 0 Å². The number of aldehydes is 1. The fourth-order valence-electron chi connectivity index (χ4n) is 1.27. The predicted molar refractivity (Wildman–Crippen MR) is 57.1 cm³/mol. The van der Waals surface area contributed by atoms with E-state index in [0.717, 1.165) is 12.9 Å². The molecule has 1 heterocycles. The lowest BCUT2D eigenvalue weighted by Gasteiger charge is -2.06. The molecule has 0 N–H and O–H groups in total. The first-order valence-corrected chi connectivity index (χ1v) is 5.14. The maximum absolute atomic E-state index is 10.6. The van der Waals surface area contributed by atoms with Crippen LogP contribution in [0.1, 0.15) is 17.4 Å². The summed E-state index contributed by atoms with van der Waals surface area (Å²) in [7, 11) is 0. The topological polar surface area (TPSA) is 40.5 Å². The molecule has 0 unspecified atom stereocenters. The van der Waals surface area contributed by atoms with Crippen LogP contribution in [0.25, 0.3) is 0 Å². The molecule has 1 aromatic rings. The number of carbonyl (C=O) groups is 1. The predicted octanol–water partition coefficient (Wildman–Crippen LogP) is 1.35. The third-order valence-electron chi connectivity index (χ3n) is 2.04. The summed E-state index contributed by atoms with van der Waals surface area (Å²) in [6.07, 6.45) is 2.72. The van der Waals surface area contributed by atoms with E-state index in [4.69, 9.17) is 9.47 Å². The van der Waals surface area contributed by atoms with Gasteiger partial charge in [0.1, 0.15) is 0 Å². The van der Waals surface area contributed by atoms with E-state index in [0.29, 0.717) is 32.1 Å². The standard InChI is InChI=1S/C11H17NO3/c1-2-14-8-9-15-7-6-12-5-3-4-11(12)10-13/h3-5,10H,2,6-9H2,1H3. The zero-order valence-electron chi connectivity index (χ0n) is 9.02. The molecule has 1 aromatic heterocycles. The van der Waals surface area contributed by atoms with Crippen LogP contribution in [0, 0.1) is 0 Å². The highest BCUT2D eigenvalue weighted by Gasteiger charge is 1.98. The Bertz CT molecular complexity index is 283. The molecule has 0 atom stereocenters. The van der Waals surface area contributed by atoms with Crippen LogP contribution in [0.2, 0.25) is 0 Å². The smallest absolute Gasteiger partial charge is 0.166 e. The van der Waals surface area contributed by atoms with Gasteiger partial charge in [-0.25, -0.2) is 0 Å². The summed E-state index contributed by atoms with van der Waals surface area (Å²) in [5.41, 5.74) is 0.684. The highest BCUT2D eigenvalue weighted by molar-refractivity contribution is 5.72. The SMILES string of the molecule is CCOCCOCCn1cccc1C=O. The quantitative estimate of drug-likeness (QED) is 0.481. The molecule has 4 heteroatoms. The summed E-state index contributed by atoms with van der Waals surface area (Å²) in [6, 6.07) is 3.64. The van der Waals surface area contributed by atoms with Crippen LogP contribution in [-0.2, 0) is 16.0 Å². The lowest BCUT2D eigenvalue weighted by Crippen LogP contribution is -2.10. The number of carbonyl (C=O) groups excluding carboxylic acids is 1. The second-order valence-corrected chi connectivity index (χ2v) is 3.05. The van der Waals surface area contributed by atoms with E-state index >= 15 is 0 Å². The number of nitrogens with zero attached hydrogens (tertiary/aromatic N) is 1. The van der Waals surface area contributed by atoms with Crippen LogP contribution in [0.15, 0.2) is 18.3 Å². The van der Waals surface area contributed by atoms with Crippen LogP contribution in [0.4, 0.5) is 0 Å². The fraction of sp³-hybridized carbons (Fsp3) is 0.545. The molecule has 0 saturated carbocycles. The van der Waals surface area contributed by atoms with Crippen LogP contribution in [-0.4, -0.2) is 37.3 Å². The third kappa shape index (κ3) is 4.27. The number of ether oxygens (including phenoxy) is 2. The Hall–Kier alpha value is -1.13. The molecule has 0 aliphatic carbocycles. The molecular formula is C11H17NO3. The molecule has 0 saturated heterocycles. The van der Waals surface area contributed by atoms with Gasteiger partial charge in [0.15, 0.2) is 6.29 Å². The van der Waals surface area contributed by atoms with Crippen molar-refractivity contribution in [2.75, 3.05) is 26.4 Å². The van der Waals surface area contributed by atoms with E-state index in [9.17, 15) is 4.79 Å². The number of aromatic nitrogens is 1. The van der Waals surface area contributed by atoms with Gasteiger partial charge in [0.05, 0.1) is 25.5 Å². The van der Waals surface area contributed by atoms with Gasteiger partial charge < -0.3 is 14.0 Å². The Morgan fingerprint density at radius 2 is 2.13 bits per heavy atom. The van der Waals surface area contributed by atoms with Crippen molar-refractivity contribution in [3.05, 3.63) is 24.0 Å². The zero-order chi connectivity index (χ0) is 10.9. The second-order valence-electron chi connectivity index (χ2n) is 3.05. The molecular weight excluding hydrogens is 194 g/mol. The minimum absolute atomic E-state index is 0.600. The molecule has 0 fully saturated rings. The highest BCUT2D eigenvalue weighted by Crippen LogP contribution is 1.98. The van der Waals surface area contributed by atoms with Crippen LogP contribution in [0.3, 0.4) is 0 Å².